The molecule has 7 nitrogen and oxygen atoms in total. The number of aromatic nitrogens is 6. The van der Waals surface area contributed by atoms with E-state index in [1.165, 1.54) is 23.4 Å². The van der Waals surface area contributed by atoms with E-state index in [9.17, 15) is 0 Å². The molecule has 2 heterocycles. The predicted molar refractivity (Wildman–Crippen MR) is 39.5 cm³/mol. The summed E-state index contributed by atoms with van der Waals surface area (Å²) in [5, 5.41) is 19.0. The average Bonchev–Trinajstić information content (AvgIpc) is 2.71. The summed E-state index contributed by atoms with van der Waals surface area (Å²) in [4.78, 5) is 7.74. The third-order valence-electron chi connectivity index (χ3n) is 1.34. The molecular formula is C6H3N7. The van der Waals surface area contributed by atoms with E-state index in [1.54, 1.807) is 0 Å². The summed E-state index contributed by atoms with van der Waals surface area (Å²) in [6.07, 6.45) is 4.18. The minimum Gasteiger partial charge on any atom is -0.240 e. The molecular weight excluding hydrogens is 170 g/mol. The largest absolute Gasteiger partial charge is 0.240 e. The summed E-state index contributed by atoms with van der Waals surface area (Å²) in [6.45, 7) is 0. The minimum atomic E-state index is 0.261. The molecule has 0 saturated carbocycles. The average molecular weight is 173 g/mol. The SMILES string of the molecule is N#Cc1cnc(-n2cnnn2)cn1. The molecule has 2 aromatic heterocycles. The maximum atomic E-state index is 8.46. The second-order valence-electron chi connectivity index (χ2n) is 2.13. The zero-order valence-corrected chi connectivity index (χ0v) is 6.36. The van der Waals surface area contributed by atoms with Gasteiger partial charge in [0.25, 0.3) is 0 Å². The lowest BCUT2D eigenvalue weighted by Crippen LogP contribution is -1.99. The van der Waals surface area contributed by atoms with Crippen LogP contribution in [0.4, 0.5) is 0 Å². The molecule has 0 saturated heterocycles. The standard InChI is InChI=1S/C6H3N7/c7-1-5-2-9-6(3-8-5)13-4-10-11-12-13/h2-4H. The number of rotatable bonds is 1. The number of hydrogen-bond acceptors (Lipinski definition) is 6. The van der Waals surface area contributed by atoms with Crippen LogP contribution in [0.1, 0.15) is 5.69 Å². The highest BCUT2D eigenvalue weighted by molar-refractivity contribution is 5.21. The van der Waals surface area contributed by atoms with Gasteiger partial charge in [0.2, 0.25) is 0 Å². The molecule has 0 atom stereocenters. The Bertz CT molecular complexity index is 423. The Morgan fingerprint density at radius 1 is 1.31 bits per heavy atom. The summed E-state index contributed by atoms with van der Waals surface area (Å²) in [5.74, 6) is 0.476. The summed E-state index contributed by atoms with van der Waals surface area (Å²) < 4.78 is 1.36. The Balaban J connectivity index is 2.40. The van der Waals surface area contributed by atoms with E-state index in [0.29, 0.717) is 5.82 Å². The third-order valence-corrected chi connectivity index (χ3v) is 1.34. The van der Waals surface area contributed by atoms with Crippen molar-refractivity contribution >= 4 is 0 Å². The van der Waals surface area contributed by atoms with Crippen LogP contribution in [-0.4, -0.2) is 30.2 Å². The second kappa shape index (κ2) is 2.94. The van der Waals surface area contributed by atoms with Gasteiger partial charge in [-0.05, 0) is 10.4 Å². The fourth-order valence-corrected chi connectivity index (χ4v) is 0.764. The van der Waals surface area contributed by atoms with Crippen LogP contribution in [0.3, 0.4) is 0 Å². The molecule has 0 aromatic carbocycles. The van der Waals surface area contributed by atoms with Crippen LogP contribution < -0.4 is 0 Å². The molecule has 0 bridgehead atoms. The van der Waals surface area contributed by atoms with Crippen molar-refractivity contribution in [2.45, 2.75) is 0 Å². The van der Waals surface area contributed by atoms with E-state index in [1.807, 2.05) is 6.07 Å². The first-order valence-corrected chi connectivity index (χ1v) is 3.35. The Kier molecular flexibility index (Phi) is 1.65. The number of tetrazole rings is 1. The molecule has 2 rings (SSSR count). The van der Waals surface area contributed by atoms with Crippen LogP contribution in [0.25, 0.3) is 5.82 Å². The van der Waals surface area contributed by atoms with Gasteiger partial charge in [0.15, 0.2) is 11.5 Å². The molecule has 0 spiro atoms. The lowest BCUT2D eigenvalue weighted by Gasteiger charge is -1.94. The van der Waals surface area contributed by atoms with Gasteiger partial charge in [-0.25, -0.2) is 9.97 Å². The highest BCUT2D eigenvalue weighted by Crippen LogP contribution is 1.97. The Morgan fingerprint density at radius 2 is 2.23 bits per heavy atom. The highest BCUT2D eigenvalue weighted by Gasteiger charge is 1.99. The molecule has 0 amide bonds. The van der Waals surface area contributed by atoms with Crippen molar-refractivity contribution in [1.29, 1.82) is 5.26 Å². The summed E-state index contributed by atoms with van der Waals surface area (Å²) in [7, 11) is 0. The maximum absolute atomic E-state index is 8.46. The zero-order valence-electron chi connectivity index (χ0n) is 6.36. The number of hydrogen-bond donors (Lipinski definition) is 0. The molecule has 0 aliphatic heterocycles. The first-order chi connectivity index (χ1) is 6.40. The fourth-order valence-electron chi connectivity index (χ4n) is 0.764. The molecule has 0 unspecified atom stereocenters. The molecule has 7 heteroatoms. The highest BCUT2D eigenvalue weighted by atomic mass is 15.5. The lowest BCUT2D eigenvalue weighted by atomic mass is 10.5. The molecule has 0 aliphatic rings. The van der Waals surface area contributed by atoms with Gasteiger partial charge in [-0.3, -0.25) is 0 Å². The Hall–Kier alpha value is -2.36. The van der Waals surface area contributed by atoms with E-state index in [4.69, 9.17) is 5.26 Å². The van der Waals surface area contributed by atoms with Crippen LogP contribution in [0, 0.1) is 11.3 Å². The summed E-state index contributed by atoms with van der Waals surface area (Å²) >= 11 is 0. The van der Waals surface area contributed by atoms with E-state index in [0.717, 1.165) is 0 Å². The first-order valence-electron chi connectivity index (χ1n) is 3.35. The van der Waals surface area contributed by atoms with Gasteiger partial charge >= 0.3 is 0 Å². The van der Waals surface area contributed by atoms with Crippen LogP contribution in [-0.2, 0) is 0 Å². The first kappa shape index (κ1) is 7.30. The molecule has 0 aliphatic carbocycles. The van der Waals surface area contributed by atoms with Crippen LogP contribution in [0.2, 0.25) is 0 Å². The topological polar surface area (TPSA) is 93.2 Å². The maximum Gasteiger partial charge on any atom is 0.175 e. The van der Waals surface area contributed by atoms with Gasteiger partial charge in [0.1, 0.15) is 12.4 Å². The van der Waals surface area contributed by atoms with Gasteiger partial charge in [0.05, 0.1) is 12.4 Å². The normalized spacial score (nSPS) is 9.46. The van der Waals surface area contributed by atoms with Crippen molar-refractivity contribution in [1.82, 2.24) is 30.2 Å². The summed E-state index contributed by atoms with van der Waals surface area (Å²) in [6, 6.07) is 1.86. The van der Waals surface area contributed by atoms with Crippen molar-refractivity contribution in [3.05, 3.63) is 24.4 Å². The van der Waals surface area contributed by atoms with Crippen LogP contribution in [0.15, 0.2) is 18.7 Å². The third kappa shape index (κ3) is 1.32. The molecule has 62 valence electrons. The quantitative estimate of drug-likeness (QED) is 0.567. The van der Waals surface area contributed by atoms with E-state index in [2.05, 4.69) is 25.5 Å². The Labute approximate surface area is 72.7 Å². The van der Waals surface area contributed by atoms with E-state index in [-0.39, 0.29) is 5.69 Å². The predicted octanol–water partition coefficient (Wildman–Crippen LogP) is -0.676. The number of nitriles is 1. The van der Waals surface area contributed by atoms with Crippen LogP contribution >= 0.6 is 0 Å². The van der Waals surface area contributed by atoms with E-state index >= 15 is 0 Å². The van der Waals surface area contributed by atoms with Gasteiger partial charge in [0, 0.05) is 0 Å². The van der Waals surface area contributed by atoms with Gasteiger partial charge in [-0.15, -0.1) is 5.10 Å². The zero-order chi connectivity index (χ0) is 9.10. The van der Waals surface area contributed by atoms with Crippen molar-refractivity contribution in [3.63, 3.8) is 0 Å². The molecule has 0 fully saturated rings. The van der Waals surface area contributed by atoms with Crippen molar-refractivity contribution in [3.8, 4) is 11.9 Å². The molecule has 2 aromatic rings. The van der Waals surface area contributed by atoms with Gasteiger partial charge < -0.3 is 0 Å². The lowest BCUT2D eigenvalue weighted by molar-refractivity contribution is 0.766. The van der Waals surface area contributed by atoms with Crippen LogP contribution in [0.5, 0.6) is 0 Å². The van der Waals surface area contributed by atoms with Gasteiger partial charge in [-0.1, -0.05) is 0 Å². The van der Waals surface area contributed by atoms with Crippen molar-refractivity contribution in [2.75, 3.05) is 0 Å². The van der Waals surface area contributed by atoms with Crippen molar-refractivity contribution < 1.29 is 0 Å². The molecule has 0 N–H and O–H groups in total. The fraction of sp³-hybridized carbons (Fsp3) is 0. The molecule has 13 heavy (non-hydrogen) atoms. The van der Waals surface area contributed by atoms with E-state index < -0.39 is 0 Å². The smallest absolute Gasteiger partial charge is 0.175 e. The van der Waals surface area contributed by atoms with Crippen molar-refractivity contribution in [2.24, 2.45) is 0 Å². The molecule has 0 radical (unpaired) electrons. The minimum absolute atomic E-state index is 0.261. The van der Waals surface area contributed by atoms with Gasteiger partial charge in [-0.2, -0.15) is 9.94 Å². The summed E-state index contributed by atoms with van der Waals surface area (Å²) in [5.41, 5.74) is 0.261. The number of nitrogens with zero attached hydrogens (tertiary/aromatic N) is 7. The second-order valence-corrected chi connectivity index (χ2v) is 2.13. The monoisotopic (exact) mass is 173 g/mol. The Morgan fingerprint density at radius 3 is 2.77 bits per heavy atom.